The van der Waals surface area contributed by atoms with Crippen molar-refractivity contribution in [3.63, 3.8) is 0 Å². The number of amides is 1. The molecule has 1 amide bonds. The van der Waals surface area contributed by atoms with Gasteiger partial charge in [-0.05, 0) is 12.1 Å². The zero-order valence-electron chi connectivity index (χ0n) is 11.6. The highest BCUT2D eigenvalue weighted by molar-refractivity contribution is 7.09. The van der Waals surface area contributed by atoms with E-state index >= 15 is 0 Å². The summed E-state index contributed by atoms with van der Waals surface area (Å²) < 4.78 is 0. The number of nitrogens with two attached hydrogens (primary N) is 1. The van der Waals surface area contributed by atoms with Crippen LogP contribution < -0.4 is 11.1 Å². The summed E-state index contributed by atoms with van der Waals surface area (Å²) in [6, 6.07) is 7.43. The minimum Gasteiger partial charge on any atom is -0.397 e. The van der Waals surface area contributed by atoms with E-state index in [1.54, 1.807) is 17.5 Å². The van der Waals surface area contributed by atoms with Gasteiger partial charge >= 0.3 is 0 Å². The van der Waals surface area contributed by atoms with Gasteiger partial charge in [0, 0.05) is 29.4 Å². The average molecular weight is 300 g/mol. The van der Waals surface area contributed by atoms with Crippen molar-refractivity contribution < 1.29 is 4.79 Å². The minimum atomic E-state index is -0.131. The van der Waals surface area contributed by atoms with E-state index in [2.05, 4.69) is 15.3 Å². The first-order chi connectivity index (χ1) is 10.1. The third-order valence-corrected chi connectivity index (χ3v) is 4.38. The average Bonchev–Trinajstić information content (AvgIpc) is 3.13. The van der Waals surface area contributed by atoms with Gasteiger partial charge in [0.2, 0.25) is 0 Å². The van der Waals surface area contributed by atoms with Gasteiger partial charge in [-0.25, -0.2) is 4.98 Å². The Morgan fingerprint density at radius 2 is 2.38 bits per heavy atom. The van der Waals surface area contributed by atoms with Crippen LogP contribution in [0, 0.1) is 0 Å². The minimum absolute atomic E-state index is 0.131. The molecule has 0 bridgehead atoms. The second-order valence-corrected chi connectivity index (χ2v) is 5.90. The van der Waals surface area contributed by atoms with Crippen molar-refractivity contribution in [2.45, 2.75) is 12.8 Å². The lowest BCUT2D eigenvalue weighted by Gasteiger charge is -2.09. The van der Waals surface area contributed by atoms with Crippen LogP contribution in [0.3, 0.4) is 0 Å². The predicted octanol–water partition coefficient (Wildman–Crippen LogP) is 2.74. The number of rotatable bonds is 4. The number of carbonyl (C=O) groups is 1. The fraction of sp³-hybridized carbons (Fsp3) is 0.200. The third-order valence-electron chi connectivity index (χ3n) is 3.37. The van der Waals surface area contributed by atoms with Gasteiger partial charge in [-0.3, -0.25) is 4.79 Å². The first-order valence-electron chi connectivity index (χ1n) is 6.70. The summed E-state index contributed by atoms with van der Waals surface area (Å²) in [6.07, 6.45) is 1.78. The molecule has 5 nitrogen and oxygen atoms in total. The van der Waals surface area contributed by atoms with Crippen LogP contribution in [0.1, 0.15) is 28.3 Å². The first kappa shape index (κ1) is 13.6. The monoisotopic (exact) mass is 300 g/mol. The molecule has 0 aliphatic carbocycles. The lowest BCUT2D eigenvalue weighted by molar-refractivity contribution is 0.0947. The number of aromatic amines is 1. The van der Waals surface area contributed by atoms with Gasteiger partial charge in [-0.1, -0.05) is 19.1 Å². The molecule has 2 heterocycles. The van der Waals surface area contributed by atoms with Crippen LogP contribution in [-0.4, -0.2) is 22.4 Å². The van der Waals surface area contributed by atoms with Gasteiger partial charge in [-0.15, -0.1) is 11.3 Å². The Morgan fingerprint density at radius 3 is 3.10 bits per heavy atom. The second-order valence-electron chi connectivity index (χ2n) is 4.98. The van der Waals surface area contributed by atoms with Gasteiger partial charge in [0.05, 0.1) is 16.2 Å². The van der Waals surface area contributed by atoms with Crippen LogP contribution in [0.5, 0.6) is 0 Å². The number of H-pyrrole nitrogens is 1. The summed E-state index contributed by atoms with van der Waals surface area (Å²) in [4.78, 5) is 19.5. The number of hydrogen-bond donors (Lipinski definition) is 3. The van der Waals surface area contributed by atoms with E-state index in [4.69, 9.17) is 5.73 Å². The van der Waals surface area contributed by atoms with Gasteiger partial charge in [0.1, 0.15) is 5.69 Å². The molecule has 0 spiro atoms. The molecule has 0 aliphatic heterocycles. The summed E-state index contributed by atoms with van der Waals surface area (Å²) in [5.74, 6) is 0.0670. The summed E-state index contributed by atoms with van der Waals surface area (Å²) in [5, 5.41) is 6.82. The predicted molar refractivity (Wildman–Crippen MR) is 85.6 cm³/mol. The number of thiazole rings is 1. The van der Waals surface area contributed by atoms with E-state index in [1.165, 1.54) is 0 Å². The zero-order valence-corrected chi connectivity index (χ0v) is 12.4. The van der Waals surface area contributed by atoms with Crippen LogP contribution in [-0.2, 0) is 0 Å². The molecule has 1 unspecified atom stereocenters. The SMILES string of the molecule is CC(CNC(=O)c1cc2cccc(N)c2[nH]1)c1nccs1. The van der Waals surface area contributed by atoms with E-state index in [0.29, 0.717) is 17.9 Å². The molecule has 1 aromatic carbocycles. The van der Waals surface area contributed by atoms with E-state index < -0.39 is 0 Å². The molecule has 21 heavy (non-hydrogen) atoms. The first-order valence-corrected chi connectivity index (χ1v) is 7.58. The molecule has 0 radical (unpaired) electrons. The van der Waals surface area contributed by atoms with Crippen molar-refractivity contribution in [2.24, 2.45) is 0 Å². The number of carbonyl (C=O) groups excluding carboxylic acids is 1. The van der Waals surface area contributed by atoms with Crippen LogP contribution in [0.2, 0.25) is 0 Å². The summed E-state index contributed by atoms with van der Waals surface area (Å²) >= 11 is 1.60. The summed E-state index contributed by atoms with van der Waals surface area (Å²) in [5.41, 5.74) is 7.85. The number of nitrogens with zero attached hydrogens (tertiary/aromatic N) is 1. The lowest BCUT2D eigenvalue weighted by Crippen LogP contribution is -2.27. The molecule has 0 saturated carbocycles. The molecular formula is C15H16N4OS. The van der Waals surface area contributed by atoms with Crippen molar-refractivity contribution in [1.29, 1.82) is 0 Å². The highest BCUT2D eigenvalue weighted by atomic mass is 32.1. The van der Waals surface area contributed by atoms with Crippen LogP contribution in [0.4, 0.5) is 5.69 Å². The highest BCUT2D eigenvalue weighted by Gasteiger charge is 2.13. The van der Waals surface area contributed by atoms with Gasteiger partial charge in [-0.2, -0.15) is 0 Å². The number of aromatic nitrogens is 2. The molecule has 1 atom stereocenters. The largest absolute Gasteiger partial charge is 0.397 e. The molecule has 6 heteroatoms. The number of fused-ring (bicyclic) bond motifs is 1. The number of para-hydroxylation sites is 1. The molecule has 0 saturated heterocycles. The summed E-state index contributed by atoms with van der Waals surface area (Å²) in [6.45, 7) is 2.60. The number of hydrogen-bond acceptors (Lipinski definition) is 4. The van der Waals surface area contributed by atoms with E-state index in [1.807, 2.05) is 36.6 Å². The van der Waals surface area contributed by atoms with Crippen LogP contribution in [0.15, 0.2) is 35.8 Å². The standard InChI is InChI=1S/C15H16N4OS/c1-9(15-17-5-6-21-15)8-18-14(20)12-7-10-3-2-4-11(16)13(10)19-12/h2-7,9,19H,8,16H2,1H3,(H,18,20). The Labute approximate surface area is 126 Å². The molecule has 4 N–H and O–H groups in total. The fourth-order valence-electron chi connectivity index (χ4n) is 2.21. The number of anilines is 1. The van der Waals surface area contributed by atoms with Crippen molar-refractivity contribution >= 4 is 33.8 Å². The molecule has 0 fully saturated rings. The molecule has 3 rings (SSSR count). The van der Waals surface area contributed by atoms with E-state index in [0.717, 1.165) is 15.9 Å². The number of nitrogen functional groups attached to an aromatic ring is 1. The van der Waals surface area contributed by atoms with Crippen LogP contribution >= 0.6 is 11.3 Å². The topological polar surface area (TPSA) is 83.8 Å². The maximum absolute atomic E-state index is 12.2. The van der Waals surface area contributed by atoms with E-state index in [9.17, 15) is 4.79 Å². The lowest BCUT2D eigenvalue weighted by atomic mass is 10.2. The summed E-state index contributed by atoms with van der Waals surface area (Å²) in [7, 11) is 0. The molecular weight excluding hydrogens is 284 g/mol. The highest BCUT2D eigenvalue weighted by Crippen LogP contribution is 2.21. The normalized spacial score (nSPS) is 12.4. The second kappa shape index (κ2) is 5.57. The van der Waals surface area contributed by atoms with E-state index in [-0.39, 0.29) is 11.8 Å². The van der Waals surface area contributed by atoms with Crippen molar-refractivity contribution in [3.8, 4) is 0 Å². The molecule has 3 aromatic rings. The van der Waals surface area contributed by atoms with Gasteiger partial charge < -0.3 is 16.0 Å². The Morgan fingerprint density at radius 1 is 1.52 bits per heavy atom. The van der Waals surface area contributed by atoms with Crippen molar-refractivity contribution in [2.75, 3.05) is 12.3 Å². The quantitative estimate of drug-likeness (QED) is 0.648. The molecule has 2 aromatic heterocycles. The number of nitrogens with one attached hydrogen (secondary N) is 2. The van der Waals surface area contributed by atoms with Crippen molar-refractivity contribution in [3.05, 3.63) is 46.5 Å². The maximum atomic E-state index is 12.2. The number of benzene rings is 1. The Hall–Kier alpha value is -2.34. The Kier molecular flexibility index (Phi) is 3.62. The smallest absolute Gasteiger partial charge is 0.267 e. The van der Waals surface area contributed by atoms with Gasteiger partial charge in [0.15, 0.2) is 0 Å². The Balaban J connectivity index is 1.71. The van der Waals surface area contributed by atoms with Crippen LogP contribution in [0.25, 0.3) is 10.9 Å². The molecule has 0 aliphatic rings. The Bertz CT molecular complexity index is 763. The zero-order chi connectivity index (χ0) is 14.8. The molecule has 108 valence electrons. The third kappa shape index (κ3) is 2.75. The van der Waals surface area contributed by atoms with Crippen molar-refractivity contribution in [1.82, 2.24) is 15.3 Å². The fourth-order valence-corrected chi connectivity index (χ4v) is 2.91. The maximum Gasteiger partial charge on any atom is 0.267 e. The van der Waals surface area contributed by atoms with Gasteiger partial charge in [0.25, 0.3) is 5.91 Å².